The Morgan fingerprint density at radius 2 is 2.39 bits per heavy atom. The van der Waals surface area contributed by atoms with Crippen LogP contribution >= 0.6 is 0 Å². The van der Waals surface area contributed by atoms with E-state index in [0.717, 1.165) is 0 Å². The lowest BCUT2D eigenvalue weighted by Crippen LogP contribution is -2.09. The first-order valence-electron chi connectivity index (χ1n) is 5.08. The van der Waals surface area contributed by atoms with Crippen molar-refractivity contribution in [2.24, 2.45) is 0 Å². The minimum Gasteiger partial charge on any atom is -0.478 e. The number of carboxylic acids is 1. The summed E-state index contributed by atoms with van der Waals surface area (Å²) in [5, 5.41) is 15.6. The molecule has 2 aromatic heterocycles. The number of aryl methyl sites for hydroxylation is 1. The van der Waals surface area contributed by atoms with Gasteiger partial charge in [-0.15, -0.1) is 0 Å². The number of carboxylic acid groups (broad SMARTS) is 1. The zero-order chi connectivity index (χ0) is 13.1. The number of nitrogens with one attached hydrogen (secondary N) is 1. The Morgan fingerprint density at radius 1 is 1.61 bits per heavy atom. The average molecular weight is 249 g/mol. The van der Waals surface area contributed by atoms with E-state index in [2.05, 4.69) is 20.4 Å². The zero-order valence-corrected chi connectivity index (χ0v) is 9.54. The quantitative estimate of drug-likeness (QED) is 0.721. The SMILES string of the molecule is Cc1nc(CNc2cnc(N)cc2C(=O)O)no1. The molecule has 0 aliphatic rings. The van der Waals surface area contributed by atoms with Gasteiger partial charge < -0.3 is 20.7 Å². The van der Waals surface area contributed by atoms with Crippen LogP contribution in [0.2, 0.25) is 0 Å². The van der Waals surface area contributed by atoms with Crippen LogP contribution in [0.25, 0.3) is 0 Å². The third-order valence-electron chi connectivity index (χ3n) is 2.16. The van der Waals surface area contributed by atoms with Crippen LogP contribution in [0, 0.1) is 6.92 Å². The summed E-state index contributed by atoms with van der Waals surface area (Å²) < 4.78 is 4.80. The minimum absolute atomic E-state index is 0.0442. The van der Waals surface area contributed by atoms with Gasteiger partial charge in [0.1, 0.15) is 5.82 Å². The molecule has 0 unspecified atom stereocenters. The van der Waals surface area contributed by atoms with E-state index in [1.165, 1.54) is 12.3 Å². The van der Waals surface area contributed by atoms with Crippen molar-refractivity contribution >= 4 is 17.5 Å². The molecule has 0 aliphatic heterocycles. The number of nitrogen functional groups attached to an aromatic ring is 1. The van der Waals surface area contributed by atoms with Crippen LogP contribution in [0.1, 0.15) is 22.1 Å². The van der Waals surface area contributed by atoms with Gasteiger partial charge >= 0.3 is 5.97 Å². The molecular formula is C10H11N5O3. The standard InChI is InChI=1S/C10H11N5O3/c1-5-14-9(15-18-5)4-12-7-3-13-8(11)2-6(7)10(16)17/h2-3,12H,4H2,1H3,(H2,11,13)(H,16,17). The third-order valence-corrected chi connectivity index (χ3v) is 2.16. The lowest BCUT2D eigenvalue weighted by Gasteiger charge is -2.07. The van der Waals surface area contributed by atoms with Gasteiger partial charge in [-0.05, 0) is 6.07 Å². The second-order valence-electron chi connectivity index (χ2n) is 3.54. The molecule has 0 radical (unpaired) electrons. The first-order chi connectivity index (χ1) is 8.56. The number of anilines is 2. The molecule has 2 rings (SSSR count). The minimum atomic E-state index is -1.09. The molecule has 8 nitrogen and oxygen atoms in total. The first-order valence-corrected chi connectivity index (χ1v) is 5.08. The van der Waals surface area contributed by atoms with E-state index in [9.17, 15) is 4.79 Å². The van der Waals surface area contributed by atoms with Gasteiger partial charge in [0, 0.05) is 6.92 Å². The second-order valence-corrected chi connectivity index (χ2v) is 3.54. The van der Waals surface area contributed by atoms with Gasteiger partial charge in [0.05, 0.1) is 24.0 Å². The fourth-order valence-corrected chi connectivity index (χ4v) is 1.38. The average Bonchev–Trinajstić information content (AvgIpc) is 2.73. The molecule has 0 saturated heterocycles. The van der Waals surface area contributed by atoms with Crippen molar-refractivity contribution in [3.63, 3.8) is 0 Å². The fourth-order valence-electron chi connectivity index (χ4n) is 1.38. The fraction of sp³-hybridized carbons (Fsp3) is 0.200. The Kier molecular flexibility index (Phi) is 3.09. The topological polar surface area (TPSA) is 127 Å². The van der Waals surface area contributed by atoms with Crippen molar-refractivity contribution in [3.05, 3.63) is 29.5 Å². The summed E-state index contributed by atoms with van der Waals surface area (Å²) in [5.74, 6) is -0.0643. The van der Waals surface area contributed by atoms with Gasteiger partial charge in [-0.25, -0.2) is 9.78 Å². The summed E-state index contributed by atoms with van der Waals surface area (Å²) in [4.78, 5) is 18.8. The van der Waals surface area contributed by atoms with Gasteiger partial charge in [0.2, 0.25) is 5.89 Å². The molecule has 94 valence electrons. The second kappa shape index (κ2) is 4.70. The Balaban J connectivity index is 2.16. The number of hydrogen-bond donors (Lipinski definition) is 3. The van der Waals surface area contributed by atoms with Crippen LogP contribution in [0.5, 0.6) is 0 Å². The van der Waals surface area contributed by atoms with E-state index >= 15 is 0 Å². The first kappa shape index (κ1) is 11.8. The van der Waals surface area contributed by atoms with E-state index in [0.29, 0.717) is 17.4 Å². The smallest absolute Gasteiger partial charge is 0.337 e. The molecule has 0 aromatic carbocycles. The van der Waals surface area contributed by atoms with Crippen molar-refractivity contribution in [3.8, 4) is 0 Å². The predicted octanol–water partition coefficient (Wildman–Crippen LogP) is 0.666. The summed E-state index contributed by atoms with van der Waals surface area (Å²) in [6, 6.07) is 1.28. The van der Waals surface area contributed by atoms with Gasteiger partial charge in [-0.1, -0.05) is 5.16 Å². The number of aromatic carboxylic acids is 1. The molecule has 0 atom stereocenters. The Labute approximate surface area is 102 Å². The van der Waals surface area contributed by atoms with Crippen molar-refractivity contribution in [2.75, 3.05) is 11.1 Å². The molecule has 0 amide bonds. The van der Waals surface area contributed by atoms with Gasteiger partial charge in [0.15, 0.2) is 5.82 Å². The van der Waals surface area contributed by atoms with Crippen molar-refractivity contribution in [1.82, 2.24) is 15.1 Å². The normalized spacial score (nSPS) is 10.3. The van der Waals surface area contributed by atoms with Crippen LogP contribution in [0.15, 0.2) is 16.8 Å². The summed E-state index contributed by atoms with van der Waals surface area (Å²) >= 11 is 0. The van der Waals surface area contributed by atoms with E-state index < -0.39 is 5.97 Å². The zero-order valence-electron chi connectivity index (χ0n) is 9.54. The number of nitrogens with two attached hydrogens (primary N) is 1. The van der Waals surface area contributed by atoms with Crippen LogP contribution in [0.3, 0.4) is 0 Å². The molecule has 0 spiro atoms. The third kappa shape index (κ3) is 2.54. The number of carbonyl (C=O) groups is 1. The highest BCUT2D eigenvalue weighted by Gasteiger charge is 2.12. The Morgan fingerprint density at radius 3 is 3.00 bits per heavy atom. The van der Waals surface area contributed by atoms with Crippen molar-refractivity contribution in [1.29, 1.82) is 0 Å². The van der Waals surface area contributed by atoms with Gasteiger partial charge in [-0.2, -0.15) is 4.98 Å². The number of rotatable bonds is 4. The Bertz CT molecular complexity index is 581. The van der Waals surface area contributed by atoms with E-state index in [1.54, 1.807) is 6.92 Å². The molecular weight excluding hydrogens is 238 g/mol. The van der Waals surface area contributed by atoms with Crippen LogP contribution in [-0.2, 0) is 6.54 Å². The van der Waals surface area contributed by atoms with Gasteiger partial charge in [0.25, 0.3) is 0 Å². The highest BCUT2D eigenvalue weighted by molar-refractivity contribution is 5.94. The molecule has 0 fully saturated rings. The number of nitrogens with zero attached hydrogens (tertiary/aromatic N) is 3. The summed E-state index contributed by atoms with van der Waals surface area (Å²) in [7, 11) is 0. The molecule has 2 heterocycles. The van der Waals surface area contributed by atoms with Crippen LogP contribution in [0.4, 0.5) is 11.5 Å². The maximum Gasteiger partial charge on any atom is 0.337 e. The highest BCUT2D eigenvalue weighted by atomic mass is 16.5. The van der Waals surface area contributed by atoms with Gasteiger partial charge in [-0.3, -0.25) is 0 Å². The monoisotopic (exact) mass is 249 g/mol. The van der Waals surface area contributed by atoms with Crippen LogP contribution < -0.4 is 11.1 Å². The summed E-state index contributed by atoms with van der Waals surface area (Å²) in [5.41, 5.74) is 5.82. The van der Waals surface area contributed by atoms with Crippen molar-refractivity contribution < 1.29 is 14.4 Å². The number of hydrogen-bond acceptors (Lipinski definition) is 7. The molecule has 0 bridgehead atoms. The van der Waals surface area contributed by atoms with Crippen molar-refractivity contribution in [2.45, 2.75) is 13.5 Å². The van der Waals surface area contributed by atoms with Crippen LogP contribution in [-0.4, -0.2) is 26.2 Å². The molecule has 0 saturated carbocycles. The lowest BCUT2D eigenvalue weighted by atomic mass is 10.2. The van der Waals surface area contributed by atoms with E-state index in [1.807, 2.05) is 0 Å². The number of pyridine rings is 1. The molecule has 8 heteroatoms. The van der Waals surface area contributed by atoms with E-state index in [4.69, 9.17) is 15.4 Å². The van der Waals surface area contributed by atoms with E-state index in [-0.39, 0.29) is 17.9 Å². The lowest BCUT2D eigenvalue weighted by molar-refractivity contribution is 0.0698. The maximum absolute atomic E-state index is 11.0. The maximum atomic E-state index is 11.0. The Hall–Kier alpha value is -2.64. The number of aromatic nitrogens is 3. The largest absolute Gasteiger partial charge is 0.478 e. The molecule has 18 heavy (non-hydrogen) atoms. The summed E-state index contributed by atoms with van der Waals surface area (Å²) in [6.45, 7) is 1.91. The molecule has 4 N–H and O–H groups in total. The summed E-state index contributed by atoms with van der Waals surface area (Å²) in [6.07, 6.45) is 1.35. The highest BCUT2D eigenvalue weighted by Crippen LogP contribution is 2.17. The predicted molar refractivity (Wildman–Crippen MR) is 62.0 cm³/mol. The molecule has 0 aliphatic carbocycles. The molecule has 2 aromatic rings.